The Hall–Kier alpha value is -2.06. The average molecular weight is 443 g/mol. The lowest BCUT2D eigenvalue weighted by Gasteiger charge is -2.21. The number of aliphatic hydroxyl groups excluding tert-OH is 1. The van der Waals surface area contributed by atoms with Gasteiger partial charge in [0.05, 0.1) is 11.0 Å². The summed E-state index contributed by atoms with van der Waals surface area (Å²) in [5.74, 6) is 0. The molecule has 5 nitrogen and oxygen atoms in total. The second kappa shape index (κ2) is 9.83. The molecule has 0 saturated heterocycles. The number of thiazole rings is 1. The normalized spacial score (nSPS) is 12.6. The second-order valence-electron chi connectivity index (χ2n) is 8.25. The summed E-state index contributed by atoms with van der Waals surface area (Å²) in [6.45, 7) is 8.74. The van der Waals surface area contributed by atoms with Gasteiger partial charge in [0, 0.05) is 52.7 Å². The smallest absolute Gasteiger partial charge is 0.123 e. The number of nitrogens with one attached hydrogen (secondary N) is 3. The molecule has 0 aliphatic rings. The van der Waals surface area contributed by atoms with Crippen molar-refractivity contribution in [3.63, 3.8) is 0 Å². The highest BCUT2D eigenvalue weighted by atomic mass is 32.2. The third kappa shape index (κ3) is 6.22. The summed E-state index contributed by atoms with van der Waals surface area (Å²) in [5.41, 5.74) is 4.32. The Labute approximate surface area is 187 Å². The number of hydrogen-bond donors (Lipinski definition) is 4. The van der Waals surface area contributed by atoms with Crippen LogP contribution in [0.3, 0.4) is 0 Å². The van der Waals surface area contributed by atoms with Crippen LogP contribution in [0, 0.1) is 0 Å². The number of anilines is 2. The van der Waals surface area contributed by atoms with E-state index in [-0.39, 0.29) is 5.54 Å². The molecule has 1 unspecified atom stereocenters. The third-order valence-corrected chi connectivity index (χ3v) is 6.59. The molecule has 0 fully saturated rings. The molecule has 30 heavy (non-hydrogen) atoms. The van der Waals surface area contributed by atoms with Gasteiger partial charge >= 0.3 is 0 Å². The summed E-state index contributed by atoms with van der Waals surface area (Å²) < 4.78 is 3.51. The van der Waals surface area contributed by atoms with E-state index in [9.17, 15) is 5.11 Å². The van der Waals surface area contributed by atoms with E-state index in [2.05, 4.69) is 83.6 Å². The Balaban J connectivity index is 1.90. The summed E-state index contributed by atoms with van der Waals surface area (Å²) in [7, 11) is 1.92. The molecule has 0 spiro atoms. The van der Waals surface area contributed by atoms with Crippen LogP contribution in [0.5, 0.6) is 0 Å². The molecule has 7 heteroatoms. The molecule has 4 N–H and O–H groups in total. The molecule has 0 bridgehead atoms. The van der Waals surface area contributed by atoms with Crippen molar-refractivity contribution in [1.29, 1.82) is 0 Å². The third-order valence-electron chi connectivity index (χ3n) is 4.24. The standard InChI is InChI=1S/C23H30N4OS2/c1-15(28)13-25-18-10-11-19(20(12-18)30-27-23(2,3)4)21-14-26-22(29-21)16-6-8-17(24-5)9-7-16/h6-12,14-15,24-25,27-28H,13H2,1-5H3. The Kier molecular flexibility index (Phi) is 7.41. The Morgan fingerprint density at radius 2 is 1.80 bits per heavy atom. The van der Waals surface area contributed by atoms with Crippen LogP contribution in [0.4, 0.5) is 11.4 Å². The van der Waals surface area contributed by atoms with Crippen LogP contribution in [0.2, 0.25) is 0 Å². The van der Waals surface area contributed by atoms with Crippen LogP contribution < -0.4 is 15.4 Å². The van der Waals surface area contributed by atoms with Crippen molar-refractivity contribution in [1.82, 2.24) is 9.71 Å². The van der Waals surface area contributed by atoms with Crippen LogP contribution in [0.1, 0.15) is 27.7 Å². The van der Waals surface area contributed by atoms with E-state index in [0.717, 1.165) is 37.3 Å². The number of benzene rings is 2. The summed E-state index contributed by atoms with van der Waals surface area (Å²) in [6, 6.07) is 14.6. The molecule has 3 aromatic rings. The van der Waals surface area contributed by atoms with Gasteiger partial charge in [-0.2, -0.15) is 0 Å². The molecule has 2 aromatic carbocycles. The van der Waals surface area contributed by atoms with Gasteiger partial charge in [-0.1, -0.05) is 6.07 Å². The Bertz CT molecular complexity index is 962. The van der Waals surface area contributed by atoms with E-state index < -0.39 is 6.10 Å². The largest absolute Gasteiger partial charge is 0.392 e. The lowest BCUT2D eigenvalue weighted by molar-refractivity contribution is 0.208. The molecule has 0 amide bonds. The molecule has 1 heterocycles. The maximum absolute atomic E-state index is 9.58. The number of aromatic nitrogens is 1. The highest BCUT2D eigenvalue weighted by Crippen LogP contribution is 2.38. The summed E-state index contributed by atoms with van der Waals surface area (Å²) in [4.78, 5) is 6.92. The minimum Gasteiger partial charge on any atom is -0.392 e. The fourth-order valence-electron chi connectivity index (χ4n) is 2.71. The number of nitrogens with zero attached hydrogens (tertiary/aromatic N) is 1. The first-order valence-corrected chi connectivity index (χ1v) is 11.6. The van der Waals surface area contributed by atoms with Crippen LogP contribution in [0.15, 0.2) is 53.6 Å². The van der Waals surface area contributed by atoms with Gasteiger partial charge in [0.1, 0.15) is 5.01 Å². The van der Waals surface area contributed by atoms with Gasteiger partial charge in [0.25, 0.3) is 0 Å². The van der Waals surface area contributed by atoms with Gasteiger partial charge in [-0.05, 0) is 76.0 Å². The monoisotopic (exact) mass is 442 g/mol. The van der Waals surface area contributed by atoms with Gasteiger partial charge in [0.2, 0.25) is 0 Å². The van der Waals surface area contributed by atoms with Gasteiger partial charge < -0.3 is 15.7 Å². The van der Waals surface area contributed by atoms with E-state index >= 15 is 0 Å². The van der Waals surface area contributed by atoms with Crippen molar-refractivity contribution in [2.24, 2.45) is 0 Å². The van der Waals surface area contributed by atoms with E-state index in [0.29, 0.717) is 6.54 Å². The maximum Gasteiger partial charge on any atom is 0.123 e. The molecule has 1 atom stereocenters. The van der Waals surface area contributed by atoms with Crippen molar-refractivity contribution < 1.29 is 5.11 Å². The minimum atomic E-state index is -0.396. The molecule has 1 aromatic heterocycles. The molecule has 0 aliphatic heterocycles. The van der Waals surface area contributed by atoms with Gasteiger partial charge in [-0.15, -0.1) is 11.3 Å². The van der Waals surface area contributed by atoms with Gasteiger partial charge in [0.15, 0.2) is 0 Å². The average Bonchev–Trinajstić information content (AvgIpc) is 3.20. The van der Waals surface area contributed by atoms with Crippen molar-refractivity contribution in [3.05, 3.63) is 48.7 Å². The van der Waals surface area contributed by atoms with Crippen LogP contribution in [-0.4, -0.2) is 35.3 Å². The van der Waals surface area contributed by atoms with E-state index in [4.69, 9.17) is 0 Å². The number of rotatable bonds is 8. The van der Waals surface area contributed by atoms with E-state index in [1.807, 2.05) is 13.2 Å². The zero-order chi connectivity index (χ0) is 21.7. The summed E-state index contributed by atoms with van der Waals surface area (Å²) in [5, 5.41) is 17.0. The van der Waals surface area contributed by atoms with E-state index in [1.165, 1.54) is 0 Å². The summed E-state index contributed by atoms with van der Waals surface area (Å²) >= 11 is 3.32. The first-order chi connectivity index (χ1) is 14.2. The van der Waals surface area contributed by atoms with Gasteiger partial charge in [-0.3, -0.25) is 4.72 Å². The molecular formula is C23H30N4OS2. The van der Waals surface area contributed by atoms with Crippen molar-refractivity contribution >= 4 is 34.7 Å². The molecule has 0 radical (unpaired) electrons. The predicted octanol–water partition coefficient (Wildman–Crippen LogP) is 5.71. The number of aliphatic hydroxyl groups is 1. The minimum absolute atomic E-state index is 0.0150. The topological polar surface area (TPSA) is 69.2 Å². The van der Waals surface area contributed by atoms with Crippen molar-refractivity contribution in [2.75, 3.05) is 24.2 Å². The van der Waals surface area contributed by atoms with Gasteiger partial charge in [-0.25, -0.2) is 4.98 Å². The highest BCUT2D eigenvalue weighted by molar-refractivity contribution is 7.97. The predicted molar refractivity (Wildman–Crippen MR) is 131 cm³/mol. The first-order valence-electron chi connectivity index (χ1n) is 9.99. The zero-order valence-corrected chi connectivity index (χ0v) is 19.7. The SMILES string of the molecule is CNc1ccc(-c2ncc(-c3ccc(NCC(C)O)cc3SNC(C)(C)C)s2)cc1. The number of hydrogen-bond acceptors (Lipinski definition) is 7. The molecule has 0 saturated carbocycles. The quantitative estimate of drug-likeness (QED) is 0.335. The molecular weight excluding hydrogens is 412 g/mol. The van der Waals surface area contributed by atoms with Crippen molar-refractivity contribution in [2.45, 2.75) is 44.2 Å². The summed E-state index contributed by atoms with van der Waals surface area (Å²) in [6.07, 6.45) is 1.55. The first kappa shape index (κ1) is 22.6. The van der Waals surface area contributed by atoms with E-state index in [1.54, 1.807) is 30.2 Å². The maximum atomic E-state index is 9.58. The van der Waals surface area contributed by atoms with Crippen LogP contribution in [-0.2, 0) is 0 Å². The van der Waals surface area contributed by atoms with Crippen molar-refractivity contribution in [3.8, 4) is 21.0 Å². The fraction of sp³-hybridized carbons (Fsp3) is 0.348. The second-order valence-corrected chi connectivity index (χ2v) is 10.1. The lowest BCUT2D eigenvalue weighted by Crippen LogP contribution is -2.29. The molecule has 3 rings (SSSR count). The fourth-order valence-corrected chi connectivity index (χ4v) is 4.62. The lowest BCUT2D eigenvalue weighted by atomic mass is 10.1. The Morgan fingerprint density at radius 3 is 2.43 bits per heavy atom. The zero-order valence-electron chi connectivity index (χ0n) is 18.1. The van der Waals surface area contributed by atoms with Crippen LogP contribution in [0.25, 0.3) is 21.0 Å². The highest BCUT2D eigenvalue weighted by Gasteiger charge is 2.15. The Morgan fingerprint density at radius 1 is 1.10 bits per heavy atom. The molecule has 160 valence electrons. The van der Waals surface area contributed by atoms with Crippen LogP contribution >= 0.6 is 23.3 Å². The molecule has 0 aliphatic carbocycles.